The molecular weight excluding hydrogens is 534 g/mol. The fourth-order valence-electron chi connectivity index (χ4n) is 4.59. The first-order valence-electron chi connectivity index (χ1n) is 12.5. The van der Waals surface area contributed by atoms with Crippen molar-refractivity contribution in [3.63, 3.8) is 0 Å². The van der Waals surface area contributed by atoms with Crippen LogP contribution in [0.2, 0.25) is 0 Å². The number of carbonyl (C=O) groups excluding carboxylic acids is 1. The van der Waals surface area contributed by atoms with Gasteiger partial charge in [0, 0.05) is 38.9 Å². The molecule has 3 aromatic rings. The zero-order chi connectivity index (χ0) is 26.0. The van der Waals surface area contributed by atoms with Gasteiger partial charge >= 0.3 is 0 Å². The Morgan fingerprint density at radius 2 is 2.03 bits per heavy atom. The molecule has 1 aromatic carbocycles. The number of hydrogen-bond donors (Lipinski definition) is 1. The molecule has 2 aliphatic heterocycles. The van der Waals surface area contributed by atoms with Crippen molar-refractivity contribution in [2.45, 2.75) is 68.3 Å². The predicted molar refractivity (Wildman–Crippen MR) is 142 cm³/mol. The lowest BCUT2D eigenvalue weighted by atomic mass is 9.98. The maximum absolute atomic E-state index is 14.0. The van der Waals surface area contributed by atoms with Crippen molar-refractivity contribution in [1.82, 2.24) is 15.4 Å². The van der Waals surface area contributed by atoms with E-state index in [9.17, 15) is 13.2 Å². The van der Waals surface area contributed by atoms with Gasteiger partial charge < -0.3 is 9.47 Å². The van der Waals surface area contributed by atoms with E-state index in [1.807, 2.05) is 6.20 Å². The van der Waals surface area contributed by atoms with Gasteiger partial charge in [0.2, 0.25) is 0 Å². The van der Waals surface area contributed by atoms with E-state index in [1.165, 1.54) is 17.4 Å². The van der Waals surface area contributed by atoms with Crippen LogP contribution in [0.15, 0.2) is 29.3 Å². The number of nitrogens with one attached hydrogen (secondary N) is 1. The Balaban J connectivity index is 1.42. The van der Waals surface area contributed by atoms with Crippen LogP contribution < -0.4 is 5.48 Å². The third-order valence-electron chi connectivity index (χ3n) is 6.67. The van der Waals surface area contributed by atoms with Crippen molar-refractivity contribution in [2.24, 2.45) is 5.92 Å². The van der Waals surface area contributed by atoms with Gasteiger partial charge in [0.1, 0.15) is 5.01 Å². The highest BCUT2D eigenvalue weighted by Crippen LogP contribution is 2.39. The van der Waals surface area contributed by atoms with E-state index < -0.39 is 26.8 Å². The zero-order valence-corrected chi connectivity index (χ0v) is 23.3. The summed E-state index contributed by atoms with van der Waals surface area (Å²) < 4.78 is 38.0. The normalized spacial score (nSPS) is 20.4. The molecule has 200 valence electrons. The Kier molecular flexibility index (Phi) is 7.94. The van der Waals surface area contributed by atoms with E-state index in [2.05, 4.69) is 24.3 Å². The van der Waals surface area contributed by atoms with Crippen molar-refractivity contribution in [3.05, 3.63) is 29.4 Å². The predicted octanol–water partition coefficient (Wildman–Crippen LogP) is 4.52. The Morgan fingerprint density at radius 3 is 2.76 bits per heavy atom. The summed E-state index contributed by atoms with van der Waals surface area (Å²) in [6.07, 6.45) is 4.76. The molecule has 5 rings (SSSR count). The quantitative estimate of drug-likeness (QED) is 0.397. The Hall–Kier alpha value is -1.96. The van der Waals surface area contributed by atoms with Gasteiger partial charge in [0.25, 0.3) is 5.91 Å². The van der Waals surface area contributed by atoms with Crippen molar-refractivity contribution in [3.8, 4) is 9.88 Å². The van der Waals surface area contributed by atoms with Crippen LogP contribution in [-0.2, 0) is 35.4 Å². The molecule has 2 aromatic heterocycles. The van der Waals surface area contributed by atoms with Crippen LogP contribution in [0, 0.1) is 5.92 Å². The number of fused-ring (bicyclic) bond motifs is 1. The van der Waals surface area contributed by atoms with Crippen LogP contribution in [0.25, 0.3) is 20.1 Å². The van der Waals surface area contributed by atoms with Crippen LogP contribution in [0.1, 0.15) is 51.0 Å². The average Bonchev–Trinajstić information content (AvgIpc) is 3.54. The summed E-state index contributed by atoms with van der Waals surface area (Å²) >= 11 is 3.03. The number of ether oxygens (including phenoxy) is 2. The molecule has 1 atom stereocenters. The summed E-state index contributed by atoms with van der Waals surface area (Å²) in [6.45, 7) is 5.20. The van der Waals surface area contributed by atoms with Crippen LogP contribution in [0.3, 0.4) is 0 Å². The van der Waals surface area contributed by atoms with Gasteiger partial charge in [-0.05, 0) is 49.8 Å². The molecule has 0 radical (unpaired) electrons. The van der Waals surface area contributed by atoms with Crippen LogP contribution >= 0.6 is 22.7 Å². The standard InChI is InChI=1S/C25H31N3O6S3/c1-16(2)13-21-26-15-20(35-21)23-27-18-7-6-17(14-19(18)36-23)37(30,31)25(8-11-32-12-9-25)24(29)28-34-22-5-3-4-10-33-22/h6-7,14-16,22H,3-5,8-13H2,1-2H3,(H,28,29). The van der Waals surface area contributed by atoms with Gasteiger partial charge in [-0.25, -0.2) is 28.7 Å². The third-order valence-corrected chi connectivity index (χ3v) is 11.4. The summed E-state index contributed by atoms with van der Waals surface area (Å²) in [5, 5.41) is 1.86. The number of hydrogen-bond acceptors (Lipinski definition) is 10. The first-order chi connectivity index (χ1) is 17.8. The minimum absolute atomic E-state index is 0.0432. The molecule has 2 saturated heterocycles. The summed E-state index contributed by atoms with van der Waals surface area (Å²) in [5.74, 6) is -0.171. The molecule has 1 amide bonds. The molecule has 9 nitrogen and oxygen atoms in total. The van der Waals surface area contributed by atoms with E-state index in [-0.39, 0.29) is 31.0 Å². The summed E-state index contributed by atoms with van der Waals surface area (Å²) in [7, 11) is -4.08. The van der Waals surface area contributed by atoms with Gasteiger partial charge in [-0.1, -0.05) is 13.8 Å². The number of sulfone groups is 1. The van der Waals surface area contributed by atoms with E-state index >= 15 is 0 Å². The first kappa shape index (κ1) is 26.6. The van der Waals surface area contributed by atoms with Gasteiger partial charge in [-0.15, -0.1) is 22.7 Å². The summed E-state index contributed by atoms with van der Waals surface area (Å²) in [6, 6.07) is 4.86. The second-order valence-electron chi connectivity index (χ2n) is 9.82. The van der Waals surface area contributed by atoms with Crippen LogP contribution in [0.5, 0.6) is 0 Å². The monoisotopic (exact) mass is 565 g/mol. The van der Waals surface area contributed by atoms with Crippen molar-refractivity contribution in [1.29, 1.82) is 0 Å². The van der Waals surface area contributed by atoms with Crippen molar-refractivity contribution in [2.75, 3.05) is 19.8 Å². The highest BCUT2D eigenvalue weighted by molar-refractivity contribution is 7.93. The number of benzene rings is 1. The fraction of sp³-hybridized carbons (Fsp3) is 0.560. The molecule has 37 heavy (non-hydrogen) atoms. The molecule has 2 fully saturated rings. The van der Waals surface area contributed by atoms with Crippen molar-refractivity contribution >= 4 is 48.6 Å². The molecule has 0 spiro atoms. The molecule has 0 saturated carbocycles. The lowest BCUT2D eigenvalue weighted by Crippen LogP contribution is -2.56. The number of hydroxylamine groups is 1. The maximum Gasteiger partial charge on any atom is 0.265 e. The number of amides is 1. The summed E-state index contributed by atoms with van der Waals surface area (Å²) in [4.78, 5) is 29.1. The van der Waals surface area contributed by atoms with E-state index in [0.29, 0.717) is 24.5 Å². The second-order valence-corrected chi connectivity index (χ2v) is 14.2. The molecule has 1 unspecified atom stereocenters. The molecule has 0 bridgehead atoms. The Morgan fingerprint density at radius 1 is 1.22 bits per heavy atom. The SMILES string of the molecule is CC(C)Cc1ncc(-c2nc3ccc(S(=O)(=O)C4(C(=O)NOC5CCCCO5)CCOCC4)cc3s2)s1. The largest absolute Gasteiger partial charge is 0.381 e. The van der Waals surface area contributed by atoms with E-state index in [4.69, 9.17) is 19.3 Å². The number of thiazole rings is 2. The molecule has 2 aliphatic rings. The minimum atomic E-state index is -4.08. The molecule has 1 N–H and O–H groups in total. The van der Waals surface area contributed by atoms with E-state index in [1.54, 1.807) is 23.5 Å². The first-order valence-corrected chi connectivity index (χ1v) is 15.7. The highest BCUT2D eigenvalue weighted by atomic mass is 32.2. The lowest BCUT2D eigenvalue weighted by molar-refractivity contribution is -0.202. The molecule has 4 heterocycles. The number of carbonyl (C=O) groups is 1. The average molecular weight is 566 g/mol. The molecular formula is C25H31N3O6S3. The van der Waals surface area contributed by atoms with Crippen molar-refractivity contribution < 1.29 is 27.5 Å². The lowest BCUT2D eigenvalue weighted by Gasteiger charge is -2.35. The van der Waals surface area contributed by atoms with Gasteiger partial charge in [-0.3, -0.25) is 4.79 Å². The summed E-state index contributed by atoms with van der Waals surface area (Å²) in [5.41, 5.74) is 3.11. The Labute approximate surface area is 224 Å². The highest BCUT2D eigenvalue weighted by Gasteiger charge is 2.52. The number of nitrogens with zero attached hydrogens (tertiary/aromatic N) is 2. The second kappa shape index (κ2) is 11.0. The zero-order valence-electron chi connectivity index (χ0n) is 20.9. The fourth-order valence-corrected chi connectivity index (χ4v) is 8.80. The topological polar surface area (TPSA) is 117 Å². The molecule has 12 heteroatoms. The maximum atomic E-state index is 14.0. The van der Waals surface area contributed by atoms with Crippen LogP contribution in [0.4, 0.5) is 0 Å². The van der Waals surface area contributed by atoms with Gasteiger partial charge in [0.05, 0.1) is 25.0 Å². The van der Waals surface area contributed by atoms with Gasteiger partial charge in [-0.2, -0.15) is 0 Å². The van der Waals surface area contributed by atoms with Gasteiger partial charge in [0.15, 0.2) is 20.9 Å². The number of aromatic nitrogens is 2. The van der Waals surface area contributed by atoms with E-state index in [0.717, 1.165) is 38.9 Å². The Bertz CT molecular complexity index is 1350. The molecule has 0 aliphatic carbocycles. The third kappa shape index (κ3) is 5.45. The van der Waals surface area contributed by atoms with Crippen LogP contribution in [-0.4, -0.2) is 55.2 Å². The number of rotatable bonds is 8. The minimum Gasteiger partial charge on any atom is -0.381 e. The smallest absolute Gasteiger partial charge is 0.265 e.